The van der Waals surface area contributed by atoms with Crippen molar-refractivity contribution in [3.05, 3.63) is 0 Å². The van der Waals surface area contributed by atoms with Crippen LogP contribution >= 0.6 is 0 Å². The van der Waals surface area contributed by atoms with Crippen LogP contribution in [-0.2, 0) is 4.74 Å². The molecule has 1 fully saturated rings. The summed E-state index contributed by atoms with van der Waals surface area (Å²) in [6, 6.07) is 0.942. The van der Waals surface area contributed by atoms with Gasteiger partial charge in [-0.1, -0.05) is 13.3 Å². The Balaban J connectivity index is 2.36. The molecule has 3 atom stereocenters. The zero-order valence-electron chi connectivity index (χ0n) is 10.4. The Morgan fingerprint density at radius 2 is 2.20 bits per heavy atom. The van der Waals surface area contributed by atoms with Gasteiger partial charge in [0.25, 0.3) is 0 Å². The standard InChI is InChI=1S/C12H26N2O/c1-4-11-8-14(7-6-12(11)13)10(3)9-15-5-2/h10-12H,4-9,13H2,1-3H3. The average Bonchev–Trinajstić information content (AvgIpc) is 2.26. The van der Waals surface area contributed by atoms with Gasteiger partial charge in [0.1, 0.15) is 0 Å². The molecule has 15 heavy (non-hydrogen) atoms. The maximum absolute atomic E-state index is 6.09. The molecule has 2 N–H and O–H groups in total. The number of likely N-dealkylation sites (tertiary alicyclic amines) is 1. The monoisotopic (exact) mass is 214 g/mol. The molecule has 0 aromatic carbocycles. The van der Waals surface area contributed by atoms with Gasteiger partial charge >= 0.3 is 0 Å². The molecule has 3 heteroatoms. The highest BCUT2D eigenvalue weighted by atomic mass is 16.5. The van der Waals surface area contributed by atoms with Crippen molar-refractivity contribution >= 4 is 0 Å². The molecule has 0 aromatic rings. The number of nitrogens with two attached hydrogens (primary N) is 1. The van der Waals surface area contributed by atoms with Crippen molar-refractivity contribution in [2.45, 2.75) is 45.7 Å². The van der Waals surface area contributed by atoms with E-state index in [-0.39, 0.29) is 0 Å². The topological polar surface area (TPSA) is 38.5 Å². The number of hydrogen-bond donors (Lipinski definition) is 1. The van der Waals surface area contributed by atoms with Crippen molar-refractivity contribution < 1.29 is 4.74 Å². The Bertz CT molecular complexity index is 175. The van der Waals surface area contributed by atoms with Gasteiger partial charge in [0, 0.05) is 31.8 Å². The smallest absolute Gasteiger partial charge is 0.0618 e. The van der Waals surface area contributed by atoms with E-state index in [1.807, 2.05) is 6.92 Å². The second kappa shape index (κ2) is 6.46. The third-order valence-corrected chi connectivity index (χ3v) is 3.54. The van der Waals surface area contributed by atoms with Gasteiger partial charge in [-0.2, -0.15) is 0 Å². The van der Waals surface area contributed by atoms with Crippen LogP contribution in [0.4, 0.5) is 0 Å². The summed E-state index contributed by atoms with van der Waals surface area (Å²) in [7, 11) is 0. The van der Waals surface area contributed by atoms with Crippen molar-refractivity contribution in [2.75, 3.05) is 26.3 Å². The molecular formula is C12H26N2O. The minimum Gasteiger partial charge on any atom is -0.380 e. The molecule has 0 aliphatic carbocycles. The summed E-state index contributed by atoms with van der Waals surface area (Å²) in [6.07, 6.45) is 2.33. The number of rotatable bonds is 5. The second-order valence-electron chi connectivity index (χ2n) is 4.62. The highest BCUT2D eigenvalue weighted by molar-refractivity contribution is 4.84. The van der Waals surface area contributed by atoms with Crippen LogP contribution in [-0.4, -0.2) is 43.3 Å². The van der Waals surface area contributed by atoms with E-state index in [4.69, 9.17) is 10.5 Å². The van der Waals surface area contributed by atoms with E-state index in [9.17, 15) is 0 Å². The highest BCUT2D eigenvalue weighted by Gasteiger charge is 2.27. The molecule has 3 nitrogen and oxygen atoms in total. The predicted octanol–water partition coefficient (Wildman–Crippen LogP) is 1.47. The van der Waals surface area contributed by atoms with Gasteiger partial charge in [-0.25, -0.2) is 0 Å². The van der Waals surface area contributed by atoms with Gasteiger partial charge in [0.2, 0.25) is 0 Å². The van der Waals surface area contributed by atoms with Crippen LogP contribution in [0.2, 0.25) is 0 Å². The van der Waals surface area contributed by atoms with Crippen molar-refractivity contribution in [3.63, 3.8) is 0 Å². The minimum absolute atomic E-state index is 0.408. The van der Waals surface area contributed by atoms with Gasteiger partial charge < -0.3 is 10.5 Å². The SMILES string of the molecule is CCOCC(C)N1CCC(N)C(CC)C1. The quantitative estimate of drug-likeness (QED) is 0.753. The predicted molar refractivity (Wildman–Crippen MR) is 63.9 cm³/mol. The normalized spacial score (nSPS) is 30.4. The third kappa shape index (κ3) is 3.74. The Labute approximate surface area is 94.0 Å². The lowest BCUT2D eigenvalue weighted by Gasteiger charge is -2.39. The maximum Gasteiger partial charge on any atom is 0.0618 e. The molecule has 1 rings (SSSR count). The second-order valence-corrected chi connectivity index (χ2v) is 4.62. The fourth-order valence-electron chi connectivity index (χ4n) is 2.30. The van der Waals surface area contributed by atoms with E-state index in [1.165, 1.54) is 6.42 Å². The summed E-state index contributed by atoms with van der Waals surface area (Å²) in [6.45, 7) is 10.5. The van der Waals surface area contributed by atoms with E-state index in [1.54, 1.807) is 0 Å². The van der Waals surface area contributed by atoms with E-state index < -0.39 is 0 Å². The summed E-state index contributed by atoms with van der Waals surface area (Å²) in [4.78, 5) is 2.52. The number of nitrogens with zero attached hydrogens (tertiary/aromatic N) is 1. The first kappa shape index (κ1) is 12.9. The lowest BCUT2D eigenvalue weighted by molar-refractivity contribution is 0.0445. The van der Waals surface area contributed by atoms with Gasteiger partial charge in [-0.05, 0) is 26.2 Å². The third-order valence-electron chi connectivity index (χ3n) is 3.54. The largest absolute Gasteiger partial charge is 0.380 e. The Kier molecular flexibility index (Phi) is 5.58. The van der Waals surface area contributed by atoms with Crippen molar-refractivity contribution in [2.24, 2.45) is 11.7 Å². The van der Waals surface area contributed by atoms with Crippen LogP contribution < -0.4 is 5.73 Å². The molecule has 0 saturated carbocycles. The highest BCUT2D eigenvalue weighted by Crippen LogP contribution is 2.20. The van der Waals surface area contributed by atoms with Crippen molar-refractivity contribution in [1.29, 1.82) is 0 Å². The van der Waals surface area contributed by atoms with E-state index in [2.05, 4.69) is 18.7 Å². The van der Waals surface area contributed by atoms with Crippen LogP contribution in [0, 0.1) is 5.92 Å². The van der Waals surface area contributed by atoms with Gasteiger partial charge in [0.15, 0.2) is 0 Å². The van der Waals surface area contributed by atoms with Gasteiger partial charge in [-0.15, -0.1) is 0 Å². The fourth-order valence-corrected chi connectivity index (χ4v) is 2.30. The molecule has 0 radical (unpaired) electrons. The zero-order chi connectivity index (χ0) is 11.3. The molecule has 0 bridgehead atoms. The first-order valence-electron chi connectivity index (χ1n) is 6.26. The van der Waals surface area contributed by atoms with Crippen LogP contribution in [0.15, 0.2) is 0 Å². The molecular weight excluding hydrogens is 188 g/mol. The zero-order valence-corrected chi connectivity index (χ0v) is 10.4. The fraction of sp³-hybridized carbons (Fsp3) is 1.00. The van der Waals surface area contributed by atoms with Crippen LogP contribution in [0.25, 0.3) is 0 Å². The van der Waals surface area contributed by atoms with E-state index >= 15 is 0 Å². The van der Waals surface area contributed by atoms with Crippen molar-refractivity contribution in [3.8, 4) is 0 Å². The molecule has 0 spiro atoms. The molecule has 1 saturated heterocycles. The number of ether oxygens (including phenoxy) is 1. The average molecular weight is 214 g/mol. The summed E-state index contributed by atoms with van der Waals surface area (Å²) in [5.41, 5.74) is 6.09. The Hall–Kier alpha value is -0.120. The Morgan fingerprint density at radius 3 is 2.80 bits per heavy atom. The Morgan fingerprint density at radius 1 is 1.47 bits per heavy atom. The summed E-state index contributed by atoms with van der Waals surface area (Å²) in [5, 5.41) is 0. The van der Waals surface area contributed by atoms with Crippen molar-refractivity contribution in [1.82, 2.24) is 4.90 Å². The van der Waals surface area contributed by atoms with Gasteiger partial charge in [0.05, 0.1) is 6.61 Å². The van der Waals surface area contributed by atoms with Gasteiger partial charge in [-0.3, -0.25) is 4.90 Å². The van der Waals surface area contributed by atoms with E-state index in [0.29, 0.717) is 18.0 Å². The summed E-state index contributed by atoms with van der Waals surface area (Å²) in [5.74, 6) is 0.669. The molecule has 1 aliphatic heterocycles. The molecule has 0 aromatic heterocycles. The number of hydrogen-bond acceptors (Lipinski definition) is 3. The molecule has 1 aliphatic rings. The maximum atomic E-state index is 6.09. The van der Waals surface area contributed by atoms with Crippen LogP contribution in [0.1, 0.15) is 33.6 Å². The molecule has 1 heterocycles. The van der Waals surface area contributed by atoms with Crippen LogP contribution in [0.5, 0.6) is 0 Å². The molecule has 0 amide bonds. The summed E-state index contributed by atoms with van der Waals surface area (Å²) < 4.78 is 5.47. The minimum atomic E-state index is 0.408. The molecule has 90 valence electrons. The summed E-state index contributed by atoms with van der Waals surface area (Å²) >= 11 is 0. The first-order chi connectivity index (χ1) is 7.19. The number of piperidine rings is 1. The lowest BCUT2D eigenvalue weighted by atomic mass is 9.90. The van der Waals surface area contributed by atoms with E-state index in [0.717, 1.165) is 32.7 Å². The lowest BCUT2D eigenvalue weighted by Crippen LogP contribution is -2.50. The first-order valence-corrected chi connectivity index (χ1v) is 6.26. The van der Waals surface area contributed by atoms with Crippen LogP contribution in [0.3, 0.4) is 0 Å². The molecule has 3 unspecified atom stereocenters.